The van der Waals surface area contributed by atoms with E-state index in [1.165, 1.54) is 75.3 Å². The maximum absolute atomic E-state index is 2.40. The summed E-state index contributed by atoms with van der Waals surface area (Å²) in [6, 6.07) is 21.8. The van der Waals surface area contributed by atoms with Crippen molar-refractivity contribution in [2.24, 2.45) is 0 Å². The standard InChI is InChI=1S/C26H38S2/c1-23(15-7-3-9-17-25-19-11-5-12-20-25)27-28-24(2)16-8-4-10-18-26-21-13-6-14-22-26/h5-6,11-14,19-24H,3-4,7-10,15-18H2,1-2H3. The molecule has 0 radical (unpaired) electrons. The molecule has 2 aromatic rings. The molecule has 154 valence electrons. The first-order valence-corrected chi connectivity index (χ1v) is 13.4. The second kappa shape index (κ2) is 15.0. The van der Waals surface area contributed by atoms with Crippen LogP contribution >= 0.6 is 21.6 Å². The minimum absolute atomic E-state index is 0.780. The highest BCUT2D eigenvalue weighted by Gasteiger charge is 2.08. The lowest BCUT2D eigenvalue weighted by atomic mass is 10.1. The van der Waals surface area contributed by atoms with Gasteiger partial charge in [0.05, 0.1) is 0 Å². The lowest BCUT2D eigenvalue weighted by Gasteiger charge is -2.14. The van der Waals surface area contributed by atoms with E-state index in [-0.39, 0.29) is 0 Å². The van der Waals surface area contributed by atoms with Crippen LogP contribution in [0.4, 0.5) is 0 Å². The Kier molecular flexibility index (Phi) is 12.6. The molecule has 0 amide bonds. The van der Waals surface area contributed by atoms with E-state index < -0.39 is 0 Å². The van der Waals surface area contributed by atoms with E-state index in [1.54, 1.807) is 0 Å². The third-order valence-electron chi connectivity index (χ3n) is 5.22. The van der Waals surface area contributed by atoms with Gasteiger partial charge < -0.3 is 0 Å². The number of benzene rings is 2. The summed E-state index contributed by atoms with van der Waals surface area (Å²) in [7, 11) is 4.23. The molecule has 0 fully saturated rings. The smallest absolute Gasteiger partial charge is 0.0123 e. The molecule has 0 spiro atoms. The van der Waals surface area contributed by atoms with E-state index in [9.17, 15) is 0 Å². The lowest BCUT2D eigenvalue weighted by molar-refractivity contribution is 0.638. The first kappa shape index (κ1) is 23.4. The molecule has 0 aliphatic rings. The van der Waals surface area contributed by atoms with Crippen molar-refractivity contribution in [3.05, 3.63) is 71.8 Å². The molecule has 2 unspecified atom stereocenters. The Morgan fingerprint density at radius 3 is 1.32 bits per heavy atom. The predicted molar refractivity (Wildman–Crippen MR) is 131 cm³/mol. The summed E-state index contributed by atoms with van der Waals surface area (Å²) >= 11 is 0. The van der Waals surface area contributed by atoms with Crippen molar-refractivity contribution in [2.75, 3.05) is 0 Å². The van der Waals surface area contributed by atoms with E-state index in [2.05, 4.69) is 96.1 Å². The number of aryl methyl sites for hydroxylation is 2. The molecular weight excluding hydrogens is 376 g/mol. The highest BCUT2D eigenvalue weighted by molar-refractivity contribution is 8.77. The van der Waals surface area contributed by atoms with Crippen molar-refractivity contribution in [1.29, 1.82) is 0 Å². The van der Waals surface area contributed by atoms with Crippen LogP contribution in [0.5, 0.6) is 0 Å². The Bertz CT molecular complexity index is 541. The SMILES string of the molecule is CC(CCCCCc1ccccc1)SSC(C)CCCCCc1ccccc1. The minimum atomic E-state index is 0.780. The van der Waals surface area contributed by atoms with Gasteiger partial charge >= 0.3 is 0 Å². The normalized spacial score (nSPS) is 13.4. The number of rotatable bonds is 15. The van der Waals surface area contributed by atoms with E-state index in [0.717, 1.165) is 10.5 Å². The van der Waals surface area contributed by atoms with Crippen molar-refractivity contribution in [1.82, 2.24) is 0 Å². The largest absolute Gasteiger partial charge is 0.0907 e. The Morgan fingerprint density at radius 1 is 0.536 bits per heavy atom. The van der Waals surface area contributed by atoms with E-state index in [1.807, 2.05) is 0 Å². The van der Waals surface area contributed by atoms with E-state index >= 15 is 0 Å². The molecule has 0 aromatic heterocycles. The van der Waals surface area contributed by atoms with Crippen molar-refractivity contribution in [3.8, 4) is 0 Å². The third-order valence-corrected chi connectivity index (χ3v) is 8.77. The fourth-order valence-electron chi connectivity index (χ4n) is 3.45. The molecule has 0 N–H and O–H groups in total. The summed E-state index contributed by atoms with van der Waals surface area (Å²) in [4.78, 5) is 0. The van der Waals surface area contributed by atoms with Gasteiger partial charge in [0.1, 0.15) is 0 Å². The van der Waals surface area contributed by atoms with Gasteiger partial charge in [-0.3, -0.25) is 0 Å². The Hall–Kier alpha value is -0.860. The van der Waals surface area contributed by atoms with Crippen LogP contribution in [0, 0.1) is 0 Å². The zero-order valence-corrected chi connectivity index (χ0v) is 19.4. The van der Waals surface area contributed by atoms with Gasteiger partial charge in [0.25, 0.3) is 0 Å². The van der Waals surface area contributed by atoms with E-state index in [4.69, 9.17) is 0 Å². The molecule has 2 heteroatoms. The quantitative estimate of drug-likeness (QED) is 0.211. The zero-order valence-electron chi connectivity index (χ0n) is 17.8. The third kappa shape index (κ3) is 11.2. The van der Waals surface area contributed by atoms with Crippen molar-refractivity contribution < 1.29 is 0 Å². The maximum atomic E-state index is 2.40. The molecule has 0 saturated carbocycles. The molecule has 0 aliphatic heterocycles. The highest BCUT2D eigenvalue weighted by atomic mass is 33.1. The van der Waals surface area contributed by atoms with Crippen LogP contribution in [0.15, 0.2) is 60.7 Å². The van der Waals surface area contributed by atoms with Crippen LogP contribution in [0.2, 0.25) is 0 Å². The topological polar surface area (TPSA) is 0 Å². The molecular formula is C26H38S2. The fraction of sp³-hybridized carbons (Fsp3) is 0.538. The zero-order chi connectivity index (χ0) is 19.9. The number of hydrogen-bond acceptors (Lipinski definition) is 2. The molecule has 0 bridgehead atoms. The van der Waals surface area contributed by atoms with Gasteiger partial charge in [-0.2, -0.15) is 0 Å². The summed E-state index contributed by atoms with van der Waals surface area (Å²) < 4.78 is 0. The first-order chi connectivity index (χ1) is 13.7. The molecule has 0 aliphatic carbocycles. The molecule has 0 saturated heterocycles. The van der Waals surface area contributed by atoms with Gasteiger partial charge in [-0.1, -0.05) is 122 Å². The van der Waals surface area contributed by atoms with Gasteiger partial charge in [-0.25, -0.2) is 0 Å². The van der Waals surface area contributed by atoms with Crippen LogP contribution < -0.4 is 0 Å². The number of unbranched alkanes of at least 4 members (excludes halogenated alkanes) is 4. The van der Waals surface area contributed by atoms with Crippen molar-refractivity contribution >= 4 is 21.6 Å². The molecule has 0 nitrogen and oxygen atoms in total. The minimum Gasteiger partial charge on any atom is -0.0907 e. The van der Waals surface area contributed by atoms with Gasteiger partial charge in [-0.05, 0) is 49.7 Å². The van der Waals surface area contributed by atoms with Crippen molar-refractivity contribution in [2.45, 2.75) is 88.6 Å². The average molecular weight is 415 g/mol. The maximum Gasteiger partial charge on any atom is 0.0123 e. The molecule has 2 atom stereocenters. The predicted octanol–water partition coefficient (Wildman–Crippen LogP) is 8.75. The van der Waals surface area contributed by atoms with Gasteiger partial charge in [0.15, 0.2) is 0 Å². The highest BCUT2D eigenvalue weighted by Crippen LogP contribution is 2.35. The van der Waals surface area contributed by atoms with Crippen LogP contribution in [-0.2, 0) is 12.8 Å². The monoisotopic (exact) mass is 414 g/mol. The van der Waals surface area contributed by atoms with Crippen LogP contribution in [0.25, 0.3) is 0 Å². The van der Waals surface area contributed by atoms with Gasteiger partial charge in [0.2, 0.25) is 0 Å². The Morgan fingerprint density at radius 2 is 0.929 bits per heavy atom. The summed E-state index contributed by atoms with van der Waals surface area (Å²) in [6.45, 7) is 4.81. The molecule has 2 aromatic carbocycles. The van der Waals surface area contributed by atoms with Gasteiger partial charge in [-0.15, -0.1) is 0 Å². The second-order valence-electron chi connectivity index (χ2n) is 7.98. The van der Waals surface area contributed by atoms with Crippen LogP contribution in [0.3, 0.4) is 0 Å². The van der Waals surface area contributed by atoms with Gasteiger partial charge in [0, 0.05) is 10.5 Å². The molecule has 28 heavy (non-hydrogen) atoms. The fourth-order valence-corrected chi connectivity index (χ4v) is 6.07. The Labute approximate surface area is 181 Å². The second-order valence-corrected chi connectivity index (χ2v) is 11.1. The molecule has 2 rings (SSSR count). The summed E-state index contributed by atoms with van der Waals surface area (Å²) in [5.41, 5.74) is 2.97. The average Bonchev–Trinajstić information content (AvgIpc) is 2.73. The van der Waals surface area contributed by atoms with Crippen LogP contribution in [0.1, 0.15) is 76.3 Å². The number of hydrogen-bond donors (Lipinski definition) is 0. The lowest BCUT2D eigenvalue weighted by Crippen LogP contribution is -1.99. The Balaban J connectivity index is 1.40. The summed E-state index contributed by atoms with van der Waals surface area (Å²) in [5, 5.41) is 1.56. The first-order valence-electron chi connectivity index (χ1n) is 11.1. The summed E-state index contributed by atoms with van der Waals surface area (Å²) in [6.07, 6.45) is 13.3. The summed E-state index contributed by atoms with van der Waals surface area (Å²) in [5.74, 6) is 0. The van der Waals surface area contributed by atoms with Crippen LogP contribution in [-0.4, -0.2) is 10.5 Å². The van der Waals surface area contributed by atoms with Crippen molar-refractivity contribution in [3.63, 3.8) is 0 Å². The van der Waals surface area contributed by atoms with E-state index in [0.29, 0.717) is 0 Å². The molecule has 0 heterocycles.